The summed E-state index contributed by atoms with van der Waals surface area (Å²) in [7, 11) is -1.01. The minimum atomic E-state index is -1.01. The quantitative estimate of drug-likeness (QED) is 0.343. The van der Waals surface area contributed by atoms with Crippen molar-refractivity contribution in [3.8, 4) is 23.1 Å². The maximum absolute atomic E-state index is 11.7. The Morgan fingerprint density at radius 2 is 1.89 bits per heavy atom. The number of fused-ring (bicyclic) bond motifs is 1. The lowest BCUT2D eigenvalue weighted by molar-refractivity contribution is 0.214. The van der Waals surface area contributed by atoms with Gasteiger partial charge in [-0.2, -0.15) is 10.4 Å². The van der Waals surface area contributed by atoms with Crippen LogP contribution in [0.25, 0.3) is 22.2 Å². The fourth-order valence-corrected chi connectivity index (χ4v) is 5.52. The van der Waals surface area contributed by atoms with Crippen molar-refractivity contribution in [2.24, 2.45) is 5.73 Å². The highest BCUT2D eigenvalue weighted by atomic mass is 35.5. The Hall–Kier alpha value is -3.27. The van der Waals surface area contributed by atoms with Crippen LogP contribution in [0.5, 0.6) is 5.75 Å². The molecule has 1 fully saturated rings. The van der Waals surface area contributed by atoms with Gasteiger partial charge in [0, 0.05) is 67.5 Å². The van der Waals surface area contributed by atoms with Crippen LogP contribution in [0.2, 0.25) is 10.0 Å². The fourth-order valence-electron chi connectivity index (χ4n) is 4.26. The summed E-state index contributed by atoms with van der Waals surface area (Å²) in [6.45, 7) is 2.56. The van der Waals surface area contributed by atoms with E-state index >= 15 is 0 Å². The highest BCUT2D eigenvalue weighted by Crippen LogP contribution is 2.34. The Labute approximate surface area is 225 Å². The smallest absolute Gasteiger partial charge is 0.177 e. The van der Waals surface area contributed by atoms with E-state index in [1.165, 1.54) is 12.4 Å². The van der Waals surface area contributed by atoms with Gasteiger partial charge in [0.1, 0.15) is 23.3 Å². The first-order valence-electron chi connectivity index (χ1n) is 11.3. The summed E-state index contributed by atoms with van der Waals surface area (Å²) in [5.41, 5.74) is 9.20. The normalized spacial score (nSPS) is 15.9. The number of aromatic amines is 1. The molecule has 4 heterocycles. The third kappa shape index (κ3) is 5.12. The number of piperazine rings is 1. The van der Waals surface area contributed by atoms with Crippen molar-refractivity contribution in [3.05, 3.63) is 64.0 Å². The molecule has 1 saturated heterocycles. The van der Waals surface area contributed by atoms with Crippen molar-refractivity contribution in [3.63, 3.8) is 0 Å². The number of nitrogens with zero attached hydrogens (tertiary/aromatic N) is 6. The molecular weight excluding hydrogens is 535 g/mol. The van der Waals surface area contributed by atoms with Crippen LogP contribution < -0.4 is 15.4 Å². The SMILES string of the molecule is CS(=O)N1CCN(c2ncc(-c3n[nH]c4ccc(O[C@H](N)c5c(Cl)cncc5Cl)cc34)cc2C#N)CC1. The number of benzene rings is 1. The van der Waals surface area contributed by atoms with E-state index in [1.807, 2.05) is 15.3 Å². The summed E-state index contributed by atoms with van der Waals surface area (Å²) >= 11 is 12.4. The largest absolute Gasteiger partial charge is 0.471 e. The van der Waals surface area contributed by atoms with Crippen molar-refractivity contribution >= 4 is 50.9 Å². The van der Waals surface area contributed by atoms with Crippen LogP contribution in [-0.2, 0) is 11.0 Å². The summed E-state index contributed by atoms with van der Waals surface area (Å²) < 4.78 is 19.6. The number of nitrogens with one attached hydrogen (secondary N) is 1. The number of pyridine rings is 2. The number of nitriles is 1. The summed E-state index contributed by atoms with van der Waals surface area (Å²) in [5.74, 6) is 1.09. The summed E-state index contributed by atoms with van der Waals surface area (Å²) in [5, 5.41) is 18.7. The van der Waals surface area contributed by atoms with Gasteiger partial charge in [-0.15, -0.1) is 0 Å². The molecule has 1 aliphatic heterocycles. The molecule has 1 unspecified atom stereocenters. The molecule has 190 valence electrons. The Bertz CT molecular complexity index is 1510. The third-order valence-electron chi connectivity index (χ3n) is 6.13. The van der Waals surface area contributed by atoms with Crippen LogP contribution in [-0.4, -0.2) is 61.1 Å². The zero-order chi connectivity index (χ0) is 26.1. The van der Waals surface area contributed by atoms with Gasteiger partial charge in [0.15, 0.2) is 6.23 Å². The molecule has 0 bridgehead atoms. The summed E-state index contributed by atoms with van der Waals surface area (Å²) in [6.07, 6.45) is 5.37. The molecule has 0 spiro atoms. The minimum absolute atomic E-state index is 0.310. The number of ether oxygens (including phenoxy) is 1. The van der Waals surface area contributed by atoms with Crippen LogP contribution in [0.15, 0.2) is 42.9 Å². The number of hydrogen-bond acceptors (Lipinski definition) is 8. The van der Waals surface area contributed by atoms with Gasteiger partial charge in [-0.05, 0) is 24.3 Å². The molecule has 10 nitrogen and oxygen atoms in total. The van der Waals surface area contributed by atoms with Gasteiger partial charge in [-0.25, -0.2) is 13.5 Å². The zero-order valence-electron chi connectivity index (χ0n) is 19.7. The van der Waals surface area contributed by atoms with E-state index in [1.54, 1.807) is 30.7 Å². The maximum atomic E-state index is 11.7. The van der Waals surface area contributed by atoms with E-state index in [-0.39, 0.29) is 0 Å². The van der Waals surface area contributed by atoms with Crippen molar-refractivity contribution in [2.45, 2.75) is 6.23 Å². The number of halogens is 2. The first-order chi connectivity index (χ1) is 17.9. The van der Waals surface area contributed by atoms with Gasteiger partial charge in [-0.3, -0.25) is 15.8 Å². The molecule has 13 heteroatoms. The molecule has 37 heavy (non-hydrogen) atoms. The first-order valence-corrected chi connectivity index (χ1v) is 13.6. The van der Waals surface area contributed by atoms with Crippen LogP contribution >= 0.6 is 23.2 Å². The van der Waals surface area contributed by atoms with Crippen LogP contribution in [0.3, 0.4) is 0 Å². The van der Waals surface area contributed by atoms with Crippen molar-refractivity contribution < 1.29 is 8.95 Å². The lowest BCUT2D eigenvalue weighted by Gasteiger charge is -2.34. The Balaban J connectivity index is 1.42. The number of hydrogen-bond donors (Lipinski definition) is 2. The maximum Gasteiger partial charge on any atom is 0.177 e. The average Bonchev–Trinajstić information content (AvgIpc) is 3.31. The minimum Gasteiger partial charge on any atom is -0.471 e. The van der Waals surface area contributed by atoms with Crippen molar-refractivity contribution in [1.29, 1.82) is 5.26 Å². The predicted molar refractivity (Wildman–Crippen MR) is 144 cm³/mol. The zero-order valence-corrected chi connectivity index (χ0v) is 22.0. The Morgan fingerprint density at radius 1 is 1.16 bits per heavy atom. The number of nitrogens with two attached hydrogens (primary N) is 1. The standard InChI is InChI=1S/C24H22Cl2N8O2S/c1-37(35)34-6-4-33(5-7-34)24-14(10-27)8-15(11-30-24)22-17-9-16(2-3-20(17)31-32-22)36-23(28)21-18(25)12-29-13-19(21)26/h2-3,8-9,11-13,23H,4-7,28H2,1H3,(H,31,32)/t23-,37?/m0/s1. The van der Waals surface area contributed by atoms with E-state index in [9.17, 15) is 9.47 Å². The van der Waals surface area contributed by atoms with Gasteiger partial charge in [-0.1, -0.05) is 23.2 Å². The second-order valence-corrected chi connectivity index (χ2v) is 10.6. The number of anilines is 1. The highest BCUT2D eigenvalue weighted by Gasteiger charge is 2.23. The van der Waals surface area contributed by atoms with E-state index < -0.39 is 17.2 Å². The monoisotopic (exact) mass is 556 g/mol. The molecule has 2 atom stereocenters. The molecule has 4 aromatic rings. The topological polar surface area (TPSA) is 137 Å². The van der Waals surface area contributed by atoms with Crippen LogP contribution in [0.1, 0.15) is 17.4 Å². The van der Waals surface area contributed by atoms with Gasteiger partial charge in [0.2, 0.25) is 0 Å². The summed E-state index contributed by atoms with van der Waals surface area (Å²) in [4.78, 5) is 10.6. The van der Waals surface area contributed by atoms with Crippen LogP contribution in [0.4, 0.5) is 5.82 Å². The van der Waals surface area contributed by atoms with Gasteiger partial charge in [0.05, 0.1) is 32.1 Å². The molecule has 5 rings (SSSR count). The number of rotatable bonds is 6. The molecule has 1 aromatic carbocycles. The van der Waals surface area contributed by atoms with Gasteiger partial charge in [0.25, 0.3) is 0 Å². The molecule has 0 radical (unpaired) electrons. The second-order valence-electron chi connectivity index (χ2n) is 8.38. The van der Waals surface area contributed by atoms with Gasteiger partial charge < -0.3 is 9.64 Å². The Kier molecular flexibility index (Phi) is 7.28. The molecular formula is C24H22Cl2N8O2S. The number of H-pyrrole nitrogens is 1. The lowest BCUT2D eigenvalue weighted by atomic mass is 10.1. The van der Waals surface area contributed by atoms with E-state index in [0.717, 1.165) is 10.9 Å². The molecule has 1 aliphatic rings. The second kappa shape index (κ2) is 10.6. The van der Waals surface area contributed by atoms with Crippen molar-refractivity contribution in [1.82, 2.24) is 24.5 Å². The van der Waals surface area contributed by atoms with Crippen molar-refractivity contribution in [2.75, 3.05) is 37.3 Å². The van der Waals surface area contributed by atoms with Gasteiger partial charge >= 0.3 is 0 Å². The summed E-state index contributed by atoms with van der Waals surface area (Å²) in [6, 6.07) is 9.43. The average molecular weight is 557 g/mol. The predicted octanol–water partition coefficient (Wildman–Crippen LogP) is 3.65. The third-order valence-corrected chi connectivity index (χ3v) is 7.83. The Morgan fingerprint density at radius 3 is 2.57 bits per heavy atom. The first kappa shape index (κ1) is 25.4. The van der Waals surface area contributed by atoms with E-state index in [4.69, 9.17) is 33.7 Å². The highest BCUT2D eigenvalue weighted by molar-refractivity contribution is 7.81. The molecule has 0 amide bonds. The van der Waals surface area contributed by atoms with E-state index in [2.05, 4.69) is 26.2 Å². The molecule has 3 N–H and O–H groups in total. The lowest BCUT2D eigenvalue weighted by Crippen LogP contribution is -2.47. The number of aromatic nitrogens is 4. The molecule has 3 aromatic heterocycles. The van der Waals surface area contributed by atoms with E-state index in [0.29, 0.717) is 70.2 Å². The molecule has 0 saturated carbocycles. The fraction of sp³-hybridized carbons (Fsp3) is 0.250. The van der Waals surface area contributed by atoms with Crippen LogP contribution in [0, 0.1) is 11.3 Å². The molecule has 0 aliphatic carbocycles.